The van der Waals surface area contributed by atoms with Gasteiger partial charge >= 0.3 is 0 Å². The summed E-state index contributed by atoms with van der Waals surface area (Å²) in [5, 5.41) is 0. The van der Waals surface area contributed by atoms with Crippen molar-refractivity contribution in [2.45, 2.75) is 39.5 Å². The van der Waals surface area contributed by atoms with Crippen LogP contribution >= 0.6 is 12.2 Å². The van der Waals surface area contributed by atoms with Gasteiger partial charge in [0.25, 0.3) is 0 Å². The summed E-state index contributed by atoms with van der Waals surface area (Å²) >= 11 is 4.90. The Morgan fingerprint density at radius 1 is 1.15 bits per heavy atom. The summed E-state index contributed by atoms with van der Waals surface area (Å²) in [5.41, 5.74) is 5.52. The minimum atomic E-state index is 0.616. The highest BCUT2D eigenvalue weighted by molar-refractivity contribution is 7.80. The van der Waals surface area contributed by atoms with Crippen LogP contribution in [0.1, 0.15) is 39.5 Å². The molecule has 0 unspecified atom stereocenters. The first-order valence-corrected chi connectivity index (χ1v) is 5.62. The molecule has 0 aromatic heterocycles. The molecule has 0 aliphatic carbocycles. The molecular weight excluding hydrogens is 180 g/mol. The zero-order chi connectivity index (χ0) is 10.1. The second-order valence-electron chi connectivity index (χ2n) is 3.45. The maximum atomic E-state index is 5.52. The number of unbranched alkanes of at least 4 members (excludes halogenated alkanes) is 2. The molecule has 0 atom stereocenters. The first-order valence-electron chi connectivity index (χ1n) is 5.21. The lowest BCUT2D eigenvalue weighted by Crippen LogP contribution is -2.34. The van der Waals surface area contributed by atoms with Crippen molar-refractivity contribution in [1.82, 2.24) is 4.90 Å². The van der Waals surface area contributed by atoms with Crippen LogP contribution in [-0.2, 0) is 0 Å². The lowest BCUT2D eigenvalue weighted by atomic mass is 10.2. The Labute approximate surface area is 87.5 Å². The zero-order valence-electron chi connectivity index (χ0n) is 8.88. The van der Waals surface area contributed by atoms with E-state index in [1.807, 2.05) is 0 Å². The SMILES string of the molecule is CCCCCN(CCC)CC(N)=S. The van der Waals surface area contributed by atoms with Gasteiger partial charge < -0.3 is 5.73 Å². The molecule has 0 fully saturated rings. The molecule has 3 heteroatoms. The highest BCUT2D eigenvalue weighted by Gasteiger charge is 2.03. The summed E-state index contributed by atoms with van der Waals surface area (Å²) < 4.78 is 0. The summed E-state index contributed by atoms with van der Waals surface area (Å²) in [5.74, 6) is 0. The van der Waals surface area contributed by atoms with Gasteiger partial charge in [0, 0.05) is 6.54 Å². The Bertz CT molecular complexity index is 137. The molecule has 0 radical (unpaired) electrons. The minimum absolute atomic E-state index is 0.616. The highest BCUT2D eigenvalue weighted by Crippen LogP contribution is 1.99. The van der Waals surface area contributed by atoms with Gasteiger partial charge in [0.05, 0.1) is 4.99 Å². The summed E-state index contributed by atoms with van der Waals surface area (Å²) in [6.07, 6.45) is 5.01. The number of hydrogen-bond donors (Lipinski definition) is 1. The average Bonchev–Trinajstić information content (AvgIpc) is 2.04. The molecule has 0 aromatic rings. The van der Waals surface area contributed by atoms with Gasteiger partial charge in [-0.25, -0.2) is 0 Å². The molecule has 0 heterocycles. The van der Waals surface area contributed by atoms with E-state index >= 15 is 0 Å². The Hall–Kier alpha value is -0.150. The van der Waals surface area contributed by atoms with E-state index in [1.165, 1.54) is 25.7 Å². The predicted molar refractivity (Wildman–Crippen MR) is 63.0 cm³/mol. The zero-order valence-corrected chi connectivity index (χ0v) is 9.70. The van der Waals surface area contributed by atoms with E-state index in [2.05, 4.69) is 18.7 Å². The van der Waals surface area contributed by atoms with Crippen molar-refractivity contribution in [3.63, 3.8) is 0 Å². The molecule has 0 aromatic carbocycles. The Balaban J connectivity index is 3.59. The molecule has 0 saturated carbocycles. The van der Waals surface area contributed by atoms with Crippen molar-refractivity contribution < 1.29 is 0 Å². The fraction of sp³-hybridized carbons (Fsp3) is 0.900. The fourth-order valence-electron chi connectivity index (χ4n) is 1.39. The summed E-state index contributed by atoms with van der Waals surface area (Å²) in [6, 6.07) is 0. The number of thiocarbonyl (C=S) groups is 1. The first-order chi connectivity index (χ1) is 6.20. The molecule has 78 valence electrons. The van der Waals surface area contributed by atoms with Crippen LogP contribution in [-0.4, -0.2) is 29.5 Å². The number of nitrogens with two attached hydrogens (primary N) is 1. The van der Waals surface area contributed by atoms with Crippen LogP contribution in [0.15, 0.2) is 0 Å². The molecule has 2 N–H and O–H groups in total. The molecule has 0 spiro atoms. The van der Waals surface area contributed by atoms with E-state index in [4.69, 9.17) is 18.0 Å². The number of rotatable bonds is 8. The van der Waals surface area contributed by atoms with Crippen molar-refractivity contribution in [2.75, 3.05) is 19.6 Å². The van der Waals surface area contributed by atoms with Gasteiger partial charge in [-0.3, -0.25) is 4.90 Å². The van der Waals surface area contributed by atoms with E-state index in [-0.39, 0.29) is 0 Å². The van der Waals surface area contributed by atoms with E-state index < -0.39 is 0 Å². The third-order valence-corrected chi connectivity index (χ3v) is 2.13. The molecule has 0 aliphatic heterocycles. The molecule has 0 bridgehead atoms. The van der Waals surface area contributed by atoms with E-state index in [1.54, 1.807) is 0 Å². The van der Waals surface area contributed by atoms with Gasteiger partial charge in [-0.15, -0.1) is 0 Å². The van der Waals surface area contributed by atoms with Crippen molar-refractivity contribution in [1.29, 1.82) is 0 Å². The summed E-state index contributed by atoms with van der Waals surface area (Å²) in [7, 11) is 0. The van der Waals surface area contributed by atoms with Crippen LogP contribution in [0.5, 0.6) is 0 Å². The largest absolute Gasteiger partial charge is 0.392 e. The van der Waals surface area contributed by atoms with Crippen LogP contribution in [0.3, 0.4) is 0 Å². The Morgan fingerprint density at radius 3 is 2.31 bits per heavy atom. The van der Waals surface area contributed by atoms with Crippen molar-refractivity contribution in [3.8, 4) is 0 Å². The van der Waals surface area contributed by atoms with Gasteiger partial charge in [0.2, 0.25) is 0 Å². The van der Waals surface area contributed by atoms with Crippen molar-refractivity contribution in [3.05, 3.63) is 0 Å². The Kier molecular flexibility index (Phi) is 8.35. The monoisotopic (exact) mass is 202 g/mol. The smallest absolute Gasteiger partial charge is 0.0870 e. The second kappa shape index (κ2) is 8.45. The maximum Gasteiger partial charge on any atom is 0.0870 e. The van der Waals surface area contributed by atoms with E-state index in [9.17, 15) is 0 Å². The third-order valence-electron chi connectivity index (χ3n) is 2.00. The van der Waals surface area contributed by atoms with Crippen molar-refractivity contribution in [2.24, 2.45) is 5.73 Å². The van der Waals surface area contributed by atoms with E-state index in [0.717, 1.165) is 19.6 Å². The average molecular weight is 202 g/mol. The van der Waals surface area contributed by atoms with Crippen molar-refractivity contribution >= 4 is 17.2 Å². The molecule has 0 amide bonds. The lowest BCUT2D eigenvalue weighted by molar-refractivity contribution is 0.304. The molecule has 2 nitrogen and oxygen atoms in total. The predicted octanol–water partition coefficient (Wildman–Crippen LogP) is 2.17. The normalized spacial score (nSPS) is 10.7. The Morgan fingerprint density at radius 2 is 1.85 bits per heavy atom. The van der Waals surface area contributed by atoms with Gasteiger partial charge in [-0.1, -0.05) is 38.9 Å². The molecule has 0 rings (SSSR count). The third kappa shape index (κ3) is 8.19. The maximum absolute atomic E-state index is 5.52. The quantitative estimate of drug-likeness (QED) is 0.483. The van der Waals surface area contributed by atoms with Gasteiger partial charge in [-0.2, -0.15) is 0 Å². The molecule has 0 saturated heterocycles. The van der Waals surface area contributed by atoms with Crippen LogP contribution in [0.2, 0.25) is 0 Å². The number of hydrogen-bond acceptors (Lipinski definition) is 2. The van der Waals surface area contributed by atoms with Crippen LogP contribution in [0.4, 0.5) is 0 Å². The molecule has 13 heavy (non-hydrogen) atoms. The topological polar surface area (TPSA) is 29.3 Å². The van der Waals surface area contributed by atoms with Crippen LogP contribution in [0.25, 0.3) is 0 Å². The summed E-state index contributed by atoms with van der Waals surface area (Å²) in [4.78, 5) is 2.96. The first kappa shape index (κ1) is 12.8. The molecule has 0 aliphatic rings. The number of nitrogens with zero attached hydrogens (tertiary/aromatic N) is 1. The second-order valence-corrected chi connectivity index (χ2v) is 3.97. The van der Waals surface area contributed by atoms with Gasteiger partial charge in [0.15, 0.2) is 0 Å². The summed E-state index contributed by atoms with van der Waals surface area (Å²) in [6.45, 7) is 7.44. The minimum Gasteiger partial charge on any atom is -0.392 e. The molecular formula is C10H22N2S. The van der Waals surface area contributed by atoms with Crippen LogP contribution < -0.4 is 5.73 Å². The standard InChI is InChI=1S/C10H22N2S/c1-3-5-6-8-12(7-4-2)9-10(11)13/h3-9H2,1-2H3,(H2,11,13). The van der Waals surface area contributed by atoms with E-state index in [0.29, 0.717) is 4.99 Å². The lowest BCUT2D eigenvalue weighted by Gasteiger charge is -2.20. The van der Waals surface area contributed by atoms with Crippen LogP contribution in [0, 0.1) is 0 Å². The fourth-order valence-corrected chi connectivity index (χ4v) is 1.57. The highest BCUT2D eigenvalue weighted by atomic mass is 32.1. The van der Waals surface area contributed by atoms with Gasteiger partial charge in [0.1, 0.15) is 0 Å². The van der Waals surface area contributed by atoms with Gasteiger partial charge in [-0.05, 0) is 25.9 Å².